The van der Waals surface area contributed by atoms with Gasteiger partial charge in [-0.25, -0.2) is 8.37 Å². The number of rotatable bonds is 12. The molecule has 0 radical (unpaired) electrons. The van der Waals surface area contributed by atoms with E-state index in [1.165, 1.54) is 24.3 Å². The molecule has 3 fully saturated rings. The lowest BCUT2D eigenvalue weighted by Gasteiger charge is -2.58. The summed E-state index contributed by atoms with van der Waals surface area (Å²) in [7, 11) is -8.24. The van der Waals surface area contributed by atoms with Crippen LogP contribution in [0.2, 0.25) is 0 Å². The number of carbonyl (C=O) groups is 1. The second-order valence-corrected chi connectivity index (χ2v) is 20.2. The third kappa shape index (κ3) is 7.47. The van der Waals surface area contributed by atoms with Crippen LogP contribution >= 0.6 is 0 Å². The number of aliphatic hydroxyl groups is 2. The minimum Gasteiger partial charge on any atom is -0.367 e. The summed E-state index contributed by atoms with van der Waals surface area (Å²) in [6, 6.07) is 12.8. The van der Waals surface area contributed by atoms with Gasteiger partial charge in [0.05, 0.1) is 9.79 Å². The second-order valence-electron chi connectivity index (χ2n) is 17.1. The fourth-order valence-electron chi connectivity index (χ4n) is 10.5. The monoisotopic (exact) mass is 756 g/mol. The molecule has 0 heterocycles. The molecule has 6 rings (SSSR count). The number of allylic oxidation sites excluding steroid dienone is 1. The first-order chi connectivity index (χ1) is 24.3. The summed E-state index contributed by atoms with van der Waals surface area (Å²) in [5.41, 5.74) is 2.59. The smallest absolute Gasteiger partial charge is 0.299 e. The number of carbonyl (C=O) groups excluding carboxylic acids is 1. The number of aliphatic hydroxyl groups excluding tert-OH is 1. The van der Waals surface area contributed by atoms with Gasteiger partial charge in [0.25, 0.3) is 20.2 Å². The molecule has 4 aliphatic carbocycles. The minimum atomic E-state index is -4.15. The number of hydrogen-bond donors (Lipinski definition) is 2. The van der Waals surface area contributed by atoms with Gasteiger partial charge in [0.1, 0.15) is 5.78 Å². The highest BCUT2D eigenvalue weighted by atomic mass is 32.2. The lowest BCUT2D eigenvalue weighted by molar-refractivity contribution is -0.166. The lowest BCUT2D eigenvalue weighted by atomic mass is 9.46. The molecule has 2 aromatic carbocycles. The number of Topliss-reactive ketones (excluding diaryl/α,β-unsaturated/α-hetero) is 1. The van der Waals surface area contributed by atoms with E-state index in [-0.39, 0.29) is 51.2 Å². The zero-order valence-electron chi connectivity index (χ0n) is 31.4. The molecule has 11 heteroatoms. The van der Waals surface area contributed by atoms with E-state index >= 15 is 0 Å². The van der Waals surface area contributed by atoms with Gasteiger partial charge < -0.3 is 10.2 Å². The predicted molar refractivity (Wildman–Crippen MR) is 198 cm³/mol. The van der Waals surface area contributed by atoms with E-state index in [1.54, 1.807) is 31.2 Å². The Hall–Kier alpha value is -2.41. The van der Waals surface area contributed by atoms with Crippen molar-refractivity contribution in [2.45, 2.75) is 128 Å². The molecule has 2 aromatic rings. The molecule has 4 aliphatic rings. The normalized spacial score (nSPS) is 33.7. The van der Waals surface area contributed by atoms with Crippen LogP contribution in [0.4, 0.5) is 0 Å². The van der Waals surface area contributed by atoms with Crippen molar-refractivity contribution < 1.29 is 40.2 Å². The minimum absolute atomic E-state index is 0.0114. The number of hydrogen-bond acceptors (Lipinski definition) is 9. The van der Waals surface area contributed by atoms with Gasteiger partial charge in [0.2, 0.25) is 0 Å². The summed E-state index contributed by atoms with van der Waals surface area (Å²) in [6.07, 6.45) is 7.07. The Morgan fingerprint density at radius 1 is 0.846 bits per heavy atom. The molecule has 0 saturated heterocycles. The fourth-order valence-corrected chi connectivity index (χ4v) is 12.6. The van der Waals surface area contributed by atoms with Crippen LogP contribution in [0.3, 0.4) is 0 Å². The number of benzene rings is 2. The first kappa shape index (κ1) is 39.3. The SMILES string of the molecule is Cc1ccc(S(=O)(=O)OC(O)[C@H](C)CCC[C@@H](C)[C@H]2C(=O)C[C@H]3[C@@H]4CC=C5C[C@@](O)(OS(=O)(=O)c6ccc(C)cc6)CC[C@]5(C)[C@H]4CC[C@]23C)cc1. The molecule has 9 nitrogen and oxygen atoms in total. The van der Waals surface area contributed by atoms with Gasteiger partial charge in [-0.05, 0) is 111 Å². The van der Waals surface area contributed by atoms with E-state index in [4.69, 9.17) is 8.37 Å². The first-order valence-corrected chi connectivity index (χ1v) is 21.7. The van der Waals surface area contributed by atoms with Crippen molar-refractivity contribution in [1.29, 1.82) is 0 Å². The van der Waals surface area contributed by atoms with Gasteiger partial charge in [-0.2, -0.15) is 16.8 Å². The van der Waals surface area contributed by atoms with Gasteiger partial charge in [0, 0.05) is 31.1 Å². The summed E-state index contributed by atoms with van der Waals surface area (Å²) in [5, 5.41) is 22.1. The van der Waals surface area contributed by atoms with E-state index in [2.05, 4.69) is 26.8 Å². The molecule has 10 atom stereocenters. The van der Waals surface area contributed by atoms with Crippen molar-refractivity contribution in [3.8, 4) is 0 Å². The van der Waals surface area contributed by atoms with Crippen molar-refractivity contribution in [3.63, 3.8) is 0 Å². The Morgan fingerprint density at radius 3 is 2.06 bits per heavy atom. The molecule has 2 N–H and O–H groups in total. The van der Waals surface area contributed by atoms with E-state index in [0.29, 0.717) is 36.9 Å². The molecule has 1 unspecified atom stereocenters. The molecule has 286 valence electrons. The maximum Gasteiger partial charge on any atom is 0.299 e. The Bertz CT molecular complexity index is 1890. The highest BCUT2D eigenvalue weighted by Gasteiger charge is 2.62. The molecular formula is C41H56O9S2. The van der Waals surface area contributed by atoms with Gasteiger partial charge in [-0.1, -0.05) is 81.2 Å². The van der Waals surface area contributed by atoms with Crippen LogP contribution in [0, 0.1) is 60.2 Å². The lowest BCUT2D eigenvalue weighted by Crippen LogP contribution is -2.53. The topological polar surface area (TPSA) is 144 Å². The molecule has 52 heavy (non-hydrogen) atoms. The number of aryl methyl sites for hydroxylation is 2. The molecule has 0 aromatic heterocycles. The zero-order chi connectivity index (χ0) is 37.9. The second kappa shape index (κ2) is 14.3. The average molecular weight is 757 g/mol. The van der Waals surface area contributed by atoms with Gasteiger partial charge in [0.15, 0.2) is 12.1 Å². The van der Waals surface area contributed by atoms with Crippen LogP contribution in [0.5, 0.6) is 0 Å². The Balaban J connectivity index is 1.07. The van der Waals surface area contributed by atoms with Crippen LogP contribution in [0.1, 0.15) is 103 Å². The summed E-state index contributed by atoms with van der Waals surface area (Å²) in [4.78, 5) is 13.9. The molecular weight excluding hydrogens is 701 g/mol. The third-order valence-corrected chi connectivity index (χ3v) is 16.2. The summed E-state index contributed by atoms with van der Waals surface area (Å²) in [5.74, 6) is -0.881. The quantitative estimate of drug-likeness (QED) is 0.127. The Morgan fingerprint density at radius 2 is 1.44 bits per heavy atom. The van der Waals surface area contributed by atoms with Gasteiger partial charge in [-0.3, -0.25) is 4.79 Å². The van der Waals surface area contributed by atoms with Crippen molar-refractivity contribution in [3.05, 3.63) is 71.3 Å². The molecule has 0 aliphatic heterocycles. The van der Waals surface area contributed by atoms with Crippen LogP contribution in [-0.2, 0) is 33.4 Å². The Kier molecular flexibility index (Phi) is 10.8. The van der Waals surface area contributed by atoms with Gasteiger partial charge >= 0.3 is 0 Å². The van der Waals surface area contributed by atoms with Crippen LogP contribution < -0.4 is 0 Å². The van der Waals surface area contributed by atoms with E-state index in [0.717, 1.165) is 48.8 Å². The van der Waals surface area contributed by atoms with Crippen molar-refractivity contribution >= 4 is 26.0 Å². The van der Waals surface area contributed by atoms with Crippen LogP contribution in [0.25, 0.3) is 0 Å². The molecule has 0 amide bonds. The maximum absolute atomic E-state index is 13.8. The fraction of sp³-hybridized carbons (Fsp3) is 0.634. The number of ketones is 1. The summed E-state index contributed by atoms with van der Waals surface area (Å²) >= 11 is 0. The summed E-state index contributed by atoms with van der Waals surface area (Å²) in [6.45, 7) is 12.3. The average Bonchev–Trinajstić information content (AvgIpc) is 3.34. The first-order valence-electron chi connectivity index (χ1n) is 18.9. The molecule has 0 bridgehead atoms. The largest absolute Gasteiger partial charge is 0.367 e. The van der Waals surface area contributed by atoms with E-state index < -0.39 is 38.2 Å². The maximum atomic E-state index is 13.8. The van der Waals surface area contributed by atoms with Crippen LogP contribution in [0.15, 0.2) is 70.0 Å². The van der Waals surface area contributed by atoms with Crippen molar-refractivity contribution in [2.24, 2.45) is 46.3 Å². The Labute approximate surface area is 310 Å². The van der Waals surface area contributed by atoms with E-state index in [9.17, 15) is 31.8 Å². The van der Waals surface area contributed by atoms with Crippen molar-refractivity contribution in [2.75, 3.05) is 0 Å². The third-order valence-electron chi connectivity index (χ3n) is 13.5. The highest BCUT2D eigenvalue weighted by Crippen LogP contribution is 2.67. The zero-order valence-corrected chi connectivity index (χ0v) is 33.0. The number of fused-ring (bicyclic) bond motifs is 5. The summed E-state index contributed by atoms with van der Waals surface area (Å²) < 4.78 is 62.4. The van der Waals surface area contributed by atoms with E-state index in [1.807, 2.05) is 13.8 Å². The standard InChI is InChI=1S/C41H56O9S2/c1-26-10-15-31(16-11-26)51(45,46)49-38(43)29(4)9-7-8-28(3)37-36(42)24-35-33-19-14-30-25-41(44,50-52(47,48)32-17-12-27(2)13-18-32)23-22-39(30,5)34(33)20-21-40(35,37)6/h10-18,28-29,33-35,37-38,43-44H,7-9,19-25H2,1-6H3/t28-,29-,33-,34+,35+,37+,38?,39+,40+,41+/m1/s1. The highest BCUT2D eigenvalue weighted by molar-refractivity contribution is 7.87. The molecule has 3 saturated carbocycles. The molecule has 0 spiro atoms. The predicted octanol–water partition coefficient (Wildman–Crippen LogP) is 7.62. The van der Waals surface area contributed by atoms with Crippen molar-refractivity contribution in [1.82, 2.24) is 0 Å². The van der Waals surface area contributed by atoms with Gasteiger partial charge in [-0.15, -0.1) is 0 Å². The van der Waals surface area contributed by atoms with Crippen LogP contribution in [-0.4, -0.2) is 44.9 Å².